The molecule has 172 valence electrons. The molecular weight excluding hydrogens is 420 g/mol. The number of carbonyl (C=O) groups is 1. The summed E-state index contributed by atoms with van der Waals surface area (Å²) in [6.07, 6.45) is 3.60. The van der Waals surface area contributed by atoms with Crippen LogP contribution in [0, 0.1) is 13.8 Å². The van der Waals surface area contributed by atoms with Gasteiger partial charge in [0.15, 0.2) is 11.4 Å². The van der Waals surface area contributed by atoms with Crippen LogP contribution in [0.25, 0.3) is 0 Å². The summed E-state index contributed by atoms with van der Waals surface area (Å²) in [6, 6.07) is 12.7. The Labute approximate surface area is 192 Å². The second-order valence-corrected chi connectivity index (χ2v) is 8.21. The Hall–Kier alpha value is -3.65. The zero-order valence-electron chi connectivity index (χ0n) is 19.1. The zero-order valence-corrected chi connectivity index (χ0v) is 19.1. The predicted octanol–water partition coefficient (Wildman–Crippen LogP) is 3.84. The monoisotopic (exact) mass is 448 g/mol. The number of nitrogens with zero attached hydrogens (tertiary/aromatic N) is 2. The first kappa shape index (κ1) is 22.5. The first-order valence-corrected chi connectivity index (χ1v) is 11.0. The largest absolute Gasteiger partial charge is 0.453 e. The lowest BCUT2D eigenvalue weighted by Crippen LogP contribution is -2.31. The van der Waals surface area contributed by atoms with E-state index in [0.717, 1.165) is 30.6 Å². The normalized spacial score (nSPS) is 15.3. The van der Waals surface area contributed by atoms with Crippen molar-refractivity contribution in [1.82, 2.24) is 15.1 Å². The van der Waals surface area contributed by atoms with E-state index >= 15 is 0 Å². The highest BCUT2D eigenvalue weighted by atomic mass is 16.5. The number of amides is 1. The molecule has 3 aromatic rings. The Bertz CT molecular complexity index is 1200. The van der Waals surface area contributed by atoms with Gasteiger partial charge in [-0.1, -0.05) is 6.07 Å². The van der Waals surface area contributed by atoms with Crippen molar-refractivity contribution in [3.05, 3.63) is 75.7 Å². The van der Waals surface area contributed by atoms with Crippen molar-refractivity contribution in [3.63, 3.8) is 0 Å². The van der Waals surface area contributed by atoms with E-state index in [-0.39, 0.29) is 23.3 Å². The van der Waals surface area contributed by atoms with Crippen LogP contribution in [0.5, 0.6) is 11.5 Å². The summed E-state index contributed by atoms with van der Waals surface area (Å²) in [4.78, 5) is 25.2. The Morgan fingerprint density at radius 1 is 1.18 bits per heavy atom. The van der Waals surface area contributed by atoms with Crippen LogP contribution in [-0.4, -0.2) is 34.9 Å². The van der Waals surface area contributed by atoms with Crippen LogP contribution in [0.2, 0.25) is 0 Å². The lowest BCUT2D eigenvalue weighted by molar-refractivity contribution is 0.0858. The van der Waals surface area contributed by atoms with E-state index in [1.165, 1.54) is 10.9 Å². The Morgan fingerprint density at radius 3 is 2.67 bits per heavy atom. The lowest BCUT2D eigenvalue weighted by Gasteiger charge is -2.14. The Morgan fingerprint density at radius 2 is 1.97 bits per heavy atom. The molecule has 1 amide bonds. The number of rotatable bonds is 7. The van der Waals surface area contributed by atoms with Crippen LogP contribution >= 0.6 is 0 Å². The van der Waals surface area contributed by atoms with Crippen LogP contribution in [-0.2, 0) is 11.8 Å². The second kappa shape index (κ2) is 9.87. The van der Waals surface area contributed by atoms with E-state index in [1.54, 1.807) is 31.3 Å². The summed E-state index contributed by atoms with van der Waals surface area (Å²) in [5.74, 6) is 0.782. The average molecular weight is 449 g/mol. The van der Waals surface area contributed by atoms with Gasteiger partial charge in [-0.25, -0.2) is 4.68 Å². The maximum Gasteiger partial charge on any atom is 0.294 e. The molecule has 1 aliphatic rings. The van der Waals surface area contributed by atoms with E-state index in [1.807, 2.05) is 32.0 Å². The maximum atomic E-state index is 12.8. The van der Waals surface area contributed by atoms with Gasteiger partial charge in [-0.15, -0.1) is 0 Å². The minimum absolute atomic E-state index is 0.0912. The number of ether oxygens (including phenoxy) is 2. The highest BCUT2D eigenvalue weighted by molar-refractivity contribution is 5.94. The van der Waals surface area contributed by atoms with Crippen molar-refractivity contribution in [2.75, 3.05) is 18.5 Å². The van der Waals surface area contributed by atoms with Crippen LogP contribution in [0.1, 0.15) is 34.3 Å². The number of hydrogen-bond donors (Lipinski definition) is 2. The number of nitrogens with one attached hydrogen (secondary N) is 2. The van der Waals surface area contributed by atoms with E-state index in [2.05, 4.69) is 15.7 Å². The molecule has 1 atom stereocenters. The molecule has 1 aromatic heterocycles. The Kier molecular flexibility index (Phi) is 6.74. The number of carbonyl (C=O) groups excluding carboxylic acids is 1. The van der Waals surface area contributed by atoms with Crippen molar-refractivity contribution < 1.29 is 14.3 Å². The number of anilines is 2. The smallest absolute Gasteiger partial charge is 0.294 e. The van der Waals surface area contributed by atoms with Crippen LogP contribution < -0.4 is 20.9 Å². The number of aryl methyl sites for hydroxylation is 3. The standard InChI is InChI=1S/C25H28N4O4/c1-16-6-11-20(13-17(16)2)33-22-15-27-29(3)25(31)23(22)28-19-9-7-18(8-10-19)24(30)26-14-21-5-4-12-32-21/h6-11,13,15,21,28H,4-5,12,14H2,1-3H3,(H,26,30). The highest BCUT2D eigenvalue weighted by Crippen LogP contribution is 2.29. The number of benzene rings is 2. The fraction of sp³-hybridized carbons (Fsp3) is 0.320. The first-order valence-electron chi connectivity index (χ1n) is 11.0. The summed E-state index contributed by atoms with van der Waals surface area (Å²) in [5, 5.41) is 10.1. The fourth-order valence-electron chi connectivity index (χ4n) is 3.58. The third-order valence-corrected chi connectivity index (χ3v) is 5.74. The van der Waals surface area contributed by atoms with Gasteiger partial charge in [0.2, 0.25) is 0 Å². The molecule has 0 saturated carbocycles. The summed E-state index contributed by atoms with van der Waals surface area (Å²) in [5.41, 5.74) is 3.37. The van der Waals surface area contributed by atoms with Gasteiger partial charge in [0.1, 0.15) is 5.75 Å². The fourth-order valence-corrected chi connectivity index (χ4v) is 3.58. The molecular formula is C25H28N4O4. The average Bonchev–Trinajstić information content (AvgIpc) is 3.34. The molecule has 2 N–H and O–H groups in total. The van der Waals surface area contributed by atoms with Crippen LogP contribution in [0.3, 0.4) is 0 Å². The minimum atomic E-state index is -0.324. The third-order valence-electron chi connectivity index (χ3n) is 5.74. The van der Waals surface area contributed by atoms with Crippen LogP contribution in [0.15, 0.2) is 53.5 Å². The molecule has 8 heteroatoms. The SMILES string of the molecule is Cc1ccc(Oc2cnn(C)c(=O)c2Nc2ccc(C(=O)NCC3CCCO3)cc2)cc1C. The van der Waals surface area contributed by atoms with Crippen molar-refractivity contribution >= 4 is 17.3 Å². The molecule has 2 aromatic carbocycles. The molecule has 2 heterocycles. The molecule has 1 unspecified atom stereocenters. The molecule has 0 spiro atoms. The van der Waals surface area contributed by atoms with Gasteiger partial charge in [0.25, 0.3) is 11.5 Å². The van der Waals surface area contributed by atoms with Gasteiger partial charge < -0.3 is 20.1 Å². The molecule has 33 heavy (non-hydrogen) atoms. The highest BCUT2D eigenvalue weighted by Gasteiger charge is 2.17. The molecule has 0 bridgehead atoms. The quantitative estimate of drug-likeness (QED) is 0.570. The van der Waals surface area contributed by atoms with E-state index in [9.17, 15) is 9.59 Å². The second-order valence-electron chi connectivity index (χ2n) is 8.21. The van der Waals surface area contributed by atoms with Crippen molar-refractivity contribution in [1.29, 1.82) is 0 Å². The topological polar surface area (TPSA) is 94.5 Å². The summed E-state index contributed by atoms with van der Waals surface area (Å²) >= 11 is 0. The number of aromatic nitrogens is 2. The van der Waals surface area contributed by atoms with Gasteiger partial charge in [0.05, 0.1) is 12.3 Å². The lowest BCUT2D eigenvalue weighted by atomic mass is 10.1. The number of hydrogen-bond acceptors (Lipinski definition) is 6. The van der Waals surface area contributed by atoms with Gasteiger partial charge in [-0.05, 0) is 74.2 Å². The molecule has 1 aliphatic heterocycles. The minimum Gasteiger partial charge on any atom is -0.453 e. The molecule has 1 saturated heterocycles. The van der Waals surface area contributed by atoms with E-state index < -0.39 is 0 Å². The van der Waals surface area contributed by atoms with Gasteiger partial charge in [-0.3, -0.25) is 9.59 Å². The van der Waals surface area contributed by atoms with E-state index in [4.69, 9.17) is 9.47 Å². The van der Waals surface area contributed by atoms with E-state index in [0.29, 0.717) is 29.3 Å². The summed E-state index contributed by atoms with van der Waals surface area (Å²) in [6.45, 7) is 5.29. The first-order chi connectivity index (χ1) is 15.9. The zero-order chi connectivity index (χ0) is 23.4. The predicted molar refractivity (Wildman–Crippen MR) is 126 cm³/mol. The van der Waals surface area contributed by atoms with Gasteiger partial charge in [-0.2, -0.15) is 5.10 Å². The molecule has 0 aliphatic carbocycles. The van der Waals surface area contributed by atoms with Crippen molar-refractivity contribution in [2.45, 2.75) is 32.8 Å². The van der Waals surface area contributed by atoms with Gasteiger partial charge >= 0.3 is 0 Å². The maximum absolute atomic E-state index is 12.8. The molecule has 8 nitrogen and oxygen atoms in total. The summed E-state index contributed by atoms with van der Waals surface area (Å²) < 4.78 is 12.8. The Balaban J connectivity index is 1.49. The van der Waals surface area contributed by atoms with Crippen molar-refractivity contribution in [2.24, 2.45) is 7.05 Å². The summed E-state index contributed by atoms with van der Waals surface area (Å²) in [7, 11) is 1.58. The third kappa shape index (κ3) is 5.40. The van der Waals surface area contributed by atoms with Crippen LogP contribution in [0.4, 0.5) is 11.4 Å². The molecule has 0 radical (unpaired) electrons. The molecule has 4 rings (SSSR count). The van der Waals surface area contributed by atoms with Gasteiger partial charge in [0, 0.05) is 31.5 Å². The van der Waals surface area contributed by atoms with Crippen molar-refractivity contribution in [3.8, 4) is 11.5 Å². The molecule has 1 fully saturated rings.